The van der Waals surface area contributed by atoms with Crippen LogP contribution < -0.4 is 4.74 Å². The predicted molar refractivity (Wildman–Crippen MR) is 103 cm³/mol. The topological polar surface area (TPSA) is 66.5 Å². The molecule has 0 saturated carbocycles. The van der Waals surface area contributed by atoms with Gasteiger partial charge in [0.2, 0.25) is 0 Å². The van der Waals surface area contributed by atoms with E-state index in [4.69, 9.17) is 25.5 Å². The highest BCUT2D eigenvalue weighted by Gasteiger charge is 2.20. The Morgan fingerprint density at radius 3 is 2.96 bits per heavy atom. The molecule has 0 aliphatic rings. The van der Waals surface area contributed by atoms with E-state index >= 15 is 0 Å². The maximum absolute atomic E-state index is 12.2. The maximum atomic E-state index is 12.2. The second-order valence-electron chi connectivity index (χ2n) is 5.89. The minimum absolute atomic E-state index is 0.288. The lowest BCUT2D eigenvalue weighted by atomic mass is 10.2. The molecule has 0 atom stereocenters. The van der Waals surface area contributed by atoms with Gasteiger partial charge in [-0.15, -0.1) is 11.3 Å². The van der Waals surface area contributed by atoms with Crippen molar-refractivity contribution in [2.45, 2.75) is 13.5 Å². The Hall–Kier alpha value is -2.77. The van der Waals surface area contributed by atoms with E-state index in [1.807, 2.05) is 29.7 Å². The molecule has 0 aliphatic heterocycles. The lowest BCUT2D eigenvalue weighted by Crippen LogP contribution is -2.02. The summed E-state index contributed by atoms with van der Waals surface area (Å²) in [6.45, 7) is 2.23. The summed E-state index contributed by atoms with van der Waals surface area (Å²) in [4.78, 5) is 17.0. The number of esters is 1. The zero-order valence-electron chi connectivity index (χ0n) is 14.6. The molecule has 138 valence electrons. The summed E-state index contributed by atoms with van der Waals surface area (Å²) in [5.74, 6) is 0.00711. The largest absolute Gasteiger partial charge is 0.487 e. The van der Waals surface area contributed by atoms with Crippen molar-refractivity contribution >= 4 is 39.9 Å². The van der Waals surface area contributed by atoms with Gasteiger partial charge in [0, 0.05) is 16.7 Å². The summed E-state index contributed by atoms with van der Waals surface area (Å²) >= 11 is 7.47. The van der Waals surface area contributed by atoms with Crippen LogP contribution in [0.15, 0.2) is 47.5 Å². The van der Waals surface area contributed by atoms with Crippen LogP contribution in [0.4, 0.5) is 0 Å². The van der Waals surface area contributed by atoms with Gasteiger partial charge in [-0.3, -0.25) is 4.57 Å². The van der Waals surface area contributed by atoms with Crippen molar-refractivity contribution in [3.05, 3.63) is 64.1 Å². The van der Waals surface area contributed by atoms with E-state index in [0.717, 1.165) is 27.2 Å². The highest BCUT2D eigenvalue weighted by atomic mass is 35.5. The monoisotopic (exact) mass is 402 g/mol. The average Bonchev–Trinajstić information content (AvgIpc) is 3.39. The van der Waals surface area contributed by atoms with E-state index < -0.39 is 5.97 Å². The zero-order chi connectivity index (χ0) is 19.0. The molecular formula is C19H15ClN2O4S. The Balaban J connectivity index is 1.75. The van der Waals surface area contributed by atoms with Crippen molar-refractivity contribution in [2.24, 2.45) is 0 Å². The normalized spacial score (nSPS) is 11.1. The number of aryl methyl sites for hydroxylation is 1. The Bertz CT molecular complexity index is 1110. The molecule has 0 N–H and O–H groups in total. The number of nitrogens with zero attached hydrogens (tertiary/aromatic N) is 2. The predicted octanol–water partition coefficient (Wildman–Crippen LogP) is 5.01. The van der Waals surface area contributed by atoms with E-state index in [1.54, 1.807) is 24.9 Å². The number of thiophene rings is 1. The van der Waals surface area contributed by atoms with Crippen molar-refractivity contribution in [2.75, 3.05) is 7.11 Å². The number of imidazole rings is 1. The summed E-state index contributed by atoms with van der Waals surface area (Å²) < 4.78 is 17.7. The number of hydrogen-bond donors (Lipinski definition) is 0. The van der Waals surface area contributed by atoms with Crippen molar-refractivity contribution in [3.63, 3.8) is 0 Å². The van der Waals surface area contributed by atoms with Gasteiger partial charge < -0.3 is 13.9 Å². The fourth-order valence-corrected chi connectivity index (χ4v) is 3.83. The number of rotatable bonds is 5. The number of carbonyl (C=O) groups is 1. The molecule has 4 aromatic rings. The van der Waals surface area contributed by atoms with Gasteiger partial charge in [-0.2, -0.15) is 0 Å². The van der Waals surface area contributed by atoms with Gasteiger partial charge in [-0.1, -0.05) is 11.6 Å². The van der Waals surface area contributed by atoms with E-state index in [9.17, 15) is 4.79 Å². The van der Waals surface area contributed by atoms with Gasteiger partial charge in [0.25, 0.3) is 0 Å². The van der Waals surface area contributed by atoms with Gasteiger partial charge in [0.1, 0.15) is 23.7 Å². The number of ether oxygens (including phenoxy) is 2. The van der Waals surface area contributed by atoms with Gasteiger partial charge in [-0.05, 0) is 30.7 Å². The smallest absolute Gasteiger partial charge is 0.351 e. The molecule has 0 aliphatic carbocycles. The van der Waals surface area contributed by atoms with E-state index in [-0.39, 0.29) is 6.61 Å². The number of halogens is 1. The zero-order valence-corrected chi connectivity index (χ0v) is 16.1. The van der Waals surface area contributed by atoms with Crippen LogP contribution in [0.25, 0.3) is 16.0 Å². The Morgan fingerprint density at radius 1 is 1.37 bits per heavy atom. The standard InChI is InChI=1S/C19H15ClN2O4S/c1-11-5-15-14(6-13(11)20)21-10-22(15)17-7-16(18(27-17)19(23)24-2)26-9-12-3-4-25-8-12/h3-8,10H,9H2,1-2H3. The first kappa shape index (κ1) is 17.6. The molecule has 8 heteroatoms. The minimum Gasteiger partial charge on any atom is -0.487 e. The Morgan fingerprint density at radius 2 is 2.22 bits per heavy atom. The first-order chi connectivity index (χ1) is 13.1. The number of carbonyl (C=O) groups excluding carboxylic acids is 1. The fraction of sp³-hybridized carbons (Fsp3) is 0.158. The quantitative estimate of drug-likeness (QED) is 0.439. The van der Waals surface area contributed by atoms with E-state index in [2.05, 4.69) is 4.98 Å². The SMILES string of the molecule is COC(=O)c1sc(-n2cnc3cc(Cl)c(C)cc32)cc1OCc1ccoc1. The van der Waals surface area contributed by atoms with E-state index in [1.165, 1.54) is 18.4 Å². The molecule has 3 aromatic heterocycles. The first-order valence-electron chi connectivity index (χ1n) is 8.06. The molecule has 0 unspecified atom stereocenters. The number of furan rings is 1. The van der Waals surface area contributed by atoms with Gasteiger partial charge >= 0.3 is 5.97 Å². The summed E-state index contributed by atoms with van der Waals surface area (Å²) in [6.07, 6.45) is 4.87. The third-order valence-corrected chi connectivity index (χ3v) is 5.60. The molecule has 0 fully saturated rings. The van der Waals surface area contributed by atoms with Crippen molar-refractivity contribution in [3.8, 4) is 10.8 Å². The van der Waals surface area contributed by atoms with Crippen LogP contribution in [0.5, 0.6) is 5.75 Å². The number of hydrogen-bond acceptors (Lipinski definition) is 6. The van der Waals surface area contributed by atoms with Crippen molar-refractivity contribution in [1.29, 1.82) is 0 Å². The van der Waals surface area contributed by atoms with Crippen LogP contribution in [-0.4, -0.2) is 22.6 Å². The third-order valence-electron chi connectivity index (χ3n) is 4.10. The summed E-state index contributed by atoms with van der Waals surface area (Å²) in [6, 6.07) is 7.41. The van der Waals surface area contributed by atoms with Crippen LogP contribution in [0.3, 0.4) is 0 Å². The molecule has 6 nitrogen and oxygen atoms in total. The van der Waals surface area contributed by atoms with Gasteiger partial charge in [0.15, 0.2) is 4.88 Å². The Kier molecular flexibility index (Phi) is 4.63. The molecule has 0 saturated heterocycles. The molecule has 0 radical (unpaired) electrons. The lowest BCUT2D eigenvalue weighted by molar-refractivity contribution is 0.0601. The number of aromatic nitrogens is 2. The summed E-state index contributed by atoms with van der Waals surface area (Å²) in [7, 11) is 1.35. The van der Waals surface area contributed by atoms with Crippen LogP contribution in [0.1, 0.15) is 20.8 Å². The van der Waals surface area contributed by atoms with Crippen LogP contribution in [0.2, 0.25) is 5.02 Å². The van der Waals surface area contributed by atoms with Crippen molar-refractivity contribution < 1.29 is 18.7 Å². The second-order valence-corrected chi connectivity index (χ2v) is 7.33. The Labute approximate surface area is 163 Å². The highest BCUT2D eigenvalue weighted by molar-refractivity contribution is 7.16. The van der Waals surface area contributed by atoms with E-state index in [0.29, 0.717) is 15.6 Å². The molecule has 0 bridgehead atoms. The molecule has 4 rings (SSSR count). The number of methoxy groups -OCH3 is 1. The summed E-state index contributed by atoms with van der Waals surface area (Å²) in [5, 5.41) is 1.46. The molecule has 0 amide bonds. The minimum atomic E-state index is -0.447. The molecular weight excluding hydrogens is 388 g/mol. The molecule has 3 heterocycles. The fourth-order valence-electron chi connectivity index (χ4n) is 2.67. The average molecular weight is 403 g/mol. The van der Waals surface area contributed by atoms with Crippen LogP contribution in [0, 0.1) is 6.92 Å². The van der Waals surface area contributed by atoms with Crippen molar-refractivity contribution in [1.82, 2.24) is 9.55 Å². The number of benzene rings is 1. The van der Waals surface area contributed by atoms with Gasteiger partial charge in [0.05, 0.1) is 30.7 Å². The van der Waals surface area contributed by atoms with Crippen LogP contribution in [-0.2, 0) is 11.3 Å². The summed E-state index contributed by atoms with van der Waals surface area (Å²) in [5.41, 5.74) is 3.50. The second kappa shape index (κ2) is 7.09. The van der Waals surface area contributed by atoms with Gasteiger partial charge in [-0.25, -0.2) is 9.78 Å². The molecule has 27 heavy (non-hydrogen) atoms. The molecule has 1 aromatic carbocycles. The number of fused-ring (bicyclic) bond motifs is 1. The first-order valence-corrected chi connectivity index (χ1v) is 9.26. The maximum Gasteiger partial charge on any atom is 0.351 e. The van der Waals surface area contributed by atoms with Crippen LogP contribution >= 0.6 is 22.9 Å². The molecule has 0 spiro atoms. The highest BCUT2D eigenvalue weighted by Crippen LogP contribution is 2.35. The lowest BCUT2D eigenvalue weighted by Gasteiger charge is -2.04. The third kappa shape index (κ3) is 3.31.